The van der Waals surface area contributed by atoms with Crippen molar-refractivity contribution in [3.63, 3.8) is 0 Å². The summed E-state index contributed by atoms with van der Waals surface area (Å²) >= 11 is 3.57. The predicted octanol–water partition coefficient (Wildman–Crippen LogP) is 4.12. The Morgan fingerprint density at radius 2 is 2.15 bits per heavy atom. The van der Waals surface area contributed by atoms with E-state index < -0.39 is 0 Å². The van der Waals surface area contributed by atoms with Crippen molar-refractivity contribution in [3.05, 3.63) is 51.7 Å². The van der Waals surface area contributed by atoms with E-state index in [1.807, 2.05) is 17.4 Å². The number of hydrogen-bond donors (Lipinski definition) is 1. The zero-order valence-electron chi connectivity index (χ0n) is 11.5. The van der Waals surface area contributed by atoms with Crippen LogP contribution in [-0.4, -0.2) is 17.6 Å². The lowest BCUT2D eigenvalue weighted by Crippen LogP contribution is -2.29. The van der Waals surface area contributed by atoms with Gasteiger partial charge in [0.25, 0.3) is 0 Å². The first kappa shape index (κ1) is 13.7. The molecule has 0 unspecified atom stereocenters. The molecule has 1 N–H and O–H groups in total. The topological polar surface area (TPSA) is 24.9 Å². The van der Waals surface area contributed by atoms with Crippen molar-refractivity contribution < 1.29 is 0 Å². The van der Waals surface area contributed by atoms with Crippen molar-refractivity contribution in [1.82, 2.24) is 10.3 Å². The average molecular weight is 302 g/mol. The first-order valence-electron chi connectivity index (χ1n) is 6.90. The summed E-state index contributed by atoms with van der Waals surface area (Å²) in [6.45, 7) is 3.27. The van der Waals surface area contributed by atoms with Gasteiger partial charge in [-0.1, -0.05) is 12.1 Å². The van der Waals surface area contributed by atoms with E-state index in [2.05, 4.69) is 47.3 Å². The Labute approximate surface area is 127 Å². The number of nitrogens with one attached hydrogen (secondary N) is 1. The van der Waals surface area contributed by atoms with Crippen LogP contribution in [0.3, 0.4) is 0 Å². The highest BCUT2D eigenvalue weighted by molar-refractivity contribution is 7.18. The van der Waals surface area contributed by atoms with Crippen LogP contribution in [0.5, 0.6) is 0 Å². The maximum atomic E-state index is 4.69. The van der Waals surface area contributed by atoms with E-state index in [9.17, 15) is 0 Å². The molecular weight excluding hydrogens is 284 g/mol. The van der Waals surface area contributed by atoms with Crippen LogP contribution in [0.25, 0.3) is 10.2 Å². The van der Waals surface area contributed by atoms with Crippen LogP contribution in [0.15, 0.2) is 41.1 Å². The largest absolute Gasteiger partial charge is 0.314 e. The summed E-state index contributed by atoms with van der Waals surface area (Å²) < 4.78 is 1.29. The highest BCUT2D eigenvalue weighted by Gasteiger charge is 2.08. The smallest absolute Gasteiger partial charge is 0.0954 e. The Bertz CT molecular complexity index is 625. The van der Waals surface area contributed by atoms with Crippen LogP contribution in [0.2, 0.25) is 0 Å². The molecule has 0 spiro atoms. The number of hydrogen-bond acceptors (Lipinski definition) is 4. The monoisotopic (exact) mass is 302 g/mol. The fraction of sp³-hybridized carbons (Fsp3) is 0.312. The van der Waals surface area contributed by atoms with Crippen molar-refractivity contribution >= 4 is 32.9 Å². The second kappa shape index (κ2) is 6.48. The van der Waals surface area contributed by atoms with Crippen molar-refractivity contribution in [2.45, 2.75) is 25.8 Å². The Morgan fingerprint density at radius 1 is 1.25 bits per heavy atom. The molecule has 0 bridgehead atoms. The Kier molecular flexibility index (Phi) is 4.45. The number of rotatable bonds is 6. The van der Waals surface area contributed by atoms with Gasteiger partial charge in [-0.25, -0.2) is 4.98 Å². The van der Waals surface area contributed by atoms with Gasteiger partial charge in [0, 0.05) is 12.5 Å². The number of nitrogens with zero attached hydrogens (tertiary/aromatic N) is 1. The maximum Gasteiger partial charge on any atom is 0.0954 e. The lowest BCUT2D eigenvalue weighted by atomic mass is 10.2. The number of aromatic nitrogens is 1. The van der Waals surface area contributed by atoms with Gasteiger partial charge in [0.2, 0.25) is 0 Å². The van der Waals surface area contributed by atoms with Crippen LogP contribution < -0.4 is 5.32 Å². The zero-order valence-corrected chi connectivity index (χ0v) is 13.1. The summed E-state index contributed by atoms with van der Waals surface area (Å²) in [7, 11) is 0. The van der Waals surface area contributed by atoms with Gasteiger partial charge >= 0.3 is 0 Å². The van der Waals surface area contributed by atoms with Gasteiger partial charge in [0.1, 0.15) is 0 Å². The molecule has 0 aliphatic rings. The molecule has 0 aliphatic carbocycles. The van der Waals surface area contributed by atoms with Crippen molar-refractivity contribution in [1.29, 1.82) is 0 Å². The molecule has 2 nitrogen and oxygen atoms in total. The van der Waals surface area contributed by atoms with Gasteiger partial charge in [-0.15, -0.1) is 11.3 Å². The Hall–Kier alpha value is -1.23. The predicted molar refractivity (Wildman–Crippen MR) is 88.8 cm³/mol. The van der Waals surface area contributed by atoms with Crippen LogP contribution in [0.1, 0.15) is 17.5 Å². The molecular formula is C16H18N2S2. The minimum Gasteiger partial charge on any atom is -0.314 e. The van der Waals surface area contributed by atoms with Gasteiger partial charge in [0.15, 0.2) is 0 Å². The molecule has 2 heterocycles. The summed E-state index contributed by atoms with van der Waals surface area (Å²) in [5.41, 5.74) is 2.55. The molecule has 0 saturated heterocycles. The summed E-state index contributed by atoms with van der Waals surface area (Å²) in [6.07, 6.45) is 2.11. The SMILES string of the molecule is C[C@@H](Cc1nc2ccccc2s1)NCCc1ccsc1. The molecule has 1 aromatic carbocycles. The summed E-state index contributed by atoms with van der Waals surface area (Å²) in [4.78, 5) is 4.69. The van der Waals surface area contributed by atoms with Crippen LogP contribution >= 0.6 is 22.7 Å². The zero-order chi connectivity index (χ0) is 13.8. The molecule has 1 atom stereocenters. The number of thiophene rings is 1. The number of benzene rings is 1. The molecule has 0 fully saturated rings. The van der Waals surface area contributed by atoms with E-state index in [-0.39, 0.29) is 0 Å². The van der Waals surface area contributed by atoms with Gasteiger partial charge in [-0.05, 0) is 54.4 Å². The minimum absolute atomic E-state index is 0.467. The Balaban J connectivity index is 1.51. The standard InChI is InChI=1S/C16H18N2S2/c1-12(17-8-6-13-7-9-19-11-13)10-16-18-14-4-2-3-5-15(14)20-16/h2-5,7,9,11-12,17H,6,8,10H2,1H3/t12-/m0/s1. The van der Waals surface area contributed by atoms with Crippen LogP contribution in [-0.2, 0) is 12.8 Å². The molecule has 3 aromatic rings. The number of thiazole rings is 1. The lowest BCUT2D eigenvalue weighted by Gasteiger charge is -2.11. The molecule has 104 valence electrons. The van der Waals surface area contributed by atoms with Gasteiger partial charge in [0.05, 0.1) is 15.2 Å². The fourth-order valence-corrected chi connectivity index (χ4v) is 4.04. The van der Waals surface area contributed by atoms with E-state index in [0.29, 0.717) is 6.04 Å². The summed E-state index contributed by atoms with van der Waals surface area (Å²) in [5.74, 6) is 0. The van der Waals surface area contributed by atoms with E-state index in [0.717, 1.165) is 24.9 Å². The second-order valence-electron chi connectivity index (χ2n) is 5.02. The summed E-state index contributed by atoms with van der Waals surface area (Å²) in [5, 5.41) is 9.17. The third kappa shape index (κ3) is 3.45. The number of para-hydroxylation sites is 1. The van der Waals surface area contributed by atoms with Gasteiger partial charge < -0.3 is 5.32 Å². The van der Waals surface area contributed by atoms with Gasteiger partial charge in [-0.3, -0.25) is 0 Å². The first-order valence-corrected chi connectivity index (χ1v) is 8.66. The van der Waals surface area contributed by atoms with Crippen LogP contribution in [0.4, 0.5) is 0 Å². The Morgan fingerprint density at radius 3 is 2.95 bits per heavy atom. The third-order valence-electron chi connectivity index (χ3n) is 3.31. The first-order chi connectivity index (χ1) is 9.81. The van der Waals surface area contributed by atoms with Gasteiger partial charge in [-0.2, -0.15) is 11.3 Å². The third-order valence-corrected chi connectivity index (χ3v) is 5.10. The molecule has 3 rings (SSSR count). The maximum absolute atomic E-state index is 4.69. The molecule has 4 heteroatoms. The highest BCUT2D eigenvalue weighted by atomic mass is 32.1. The molecule has 0 amide bonds. The van der Waals surface area contributed by atoms with Crippen molar-refractivity contribution in [3.8, 4) is 0 Å². The number of fused-ring (bicyclic) bond motifs is 1. The van der Waals surface area contributed by atoms with E-state index in [1.54, 1.807) is 11.3 Å². The minimum atomic E-state index is 0.467. The van der Waals surface area contributed by atoms with E-state index in [1.165, 1.54) is 15.3 Å². The average Bonchev–Trinajstić information content (AvgIpc) is 3.06. The lowest BCUT2D eigenvalue weighted by molar-refractivity contribution is 0.548. The van der Waals surface area contributed by atoms with Crippen molar-refractivity contribution in [2.75, 3.05) is 6.54 Å². The molecule has 0 aliphatic heterocycles. The normalized spacial score (nSPS) is 12.8. The highest BCUT2D eigenvalue weighted by Crippen LogP contribution is 2.22. The summed E-state index contributed by atoms with van der Waals surface area (Å²) in [6, 6.07) is 11.0. The molecule has 0 saturated carbocycles. The molecule has 2 aromatic heterocycles. The van der Waals surface area contributed by atoms with E-state index in [4.69, 9.17) is 4.98 Å². The van der Waals surface area contributed by atoms with E-state index >= 15 is 0 Å². The quantitative estimate of drug-likeness (QED) is 0.741. The van der Waals surface area contributed by atoms with Crippen molar-refractivity contribution in [2.24, 2.45) is 0 Å². The fourth-order valence-electron chi connectivity index (χ4n) is 2.24. The second-order valence-corrected chi connectivity index (χ2v) is 6.91. The van der Waals surface area contributed by atoms with Crippen LogP contribution in [0, 0.1) is 0 Å². The molecule has 0 radical (unpaired) electrons. The molecule has 20 heavy (non-hydrogen) atoms.